The van der Waals surface area contributed by atoms with Gasteiger partial charge in [0.1, 0.15) is 11.4 Å². The number of amides is 1. The van der Waals surface area contributed by atoms with Gasteiger partial charge in [-0.1, -0.05) is 0 Å². The van der Waals surface area contributed by atoms with Crippen LogP contribution >= 0.6 is 15.9 Å². The molecule has 3 aromatic rings. The zero-order valence-corrected chi connectivity index (χ0v) is 16.7. The molecule has 2 heterocycles. The number of rotatable bonds is 6. The number of hydrogen-bond acceptors (Lipinski definition) is 5. The molecule has 2 N–H and O–H groups in total. The Hall–Kier alpha value is -2.94. The van der Waals surface area contributed by atoms with Crippen molar-refractivity contribution in [2.24, 2.45) is 5.10 Å². The number of ether oxygens (including phenoxy) is 1. The first kappa shape index (κ1) is 18.8. The van der Waals surface area contributed by atoms with Crippen LogP contribution in [0.1, 0.15) is 33.0 Å². The van der Waals surface area contributed by atoms with Gasteiger partial charge in [0.25, 0.3) is 5.91 Å². The number of nitrogens with one attached hydrogen (secondary N) is 2. The van der Waals surface area contributed by atoms with Crippen molar-refractivity contribution < 1.29 is 9.53 Å². The number of benzene rings is 1. The van der Waals surface area contributed by atoms with Crippen LogP contribution in [-0.2, 0) is 6.54 Å². The van der Waals surface area contributed by atoms with Crippen LogP contribution in [0.4, 0.5) is 0 Å². The van der Waals surface area contributed by atoms with Gasteiger partial charge in [0.15, 0.2) is 0 Å². The van der Waals surface area contributed by atoms with E-state index in [1.54, 1.807) is 19.4 Å². The Morgan fingerprint density at radius 1 is 1.41 bits per heavy atom. The molecular weight excluding hydrogens is 412 g/mol. The maximum atomic E-state index is 11.8. The SMILES string of the molecule is COc1ccc(C=NNC(=O)c2ccn[nH]2)cc1Cn1nc(C)c(Br)c1C. The van der Waals surface area contributed by atoms with Crippen molar-refractivity contribution in [2.75, 3.05) is 7.11 Å². The van der Waals surface area contributed by atoms with Gasteiger partial charge in [0, 0.05) is 11.8 Å². The second-order valence-electron chi connectivity index (χ2n) is 5.88. The van der Waals surface area contributed by atoms with E-state index in [2.05, 4.69) is 41.8 Å². The largest absolute Gasteiger partial charge is 0.496 e. The molecule has 0 unspecified atom stereocenters. The number of methoxy groups -OCH3 is 1. The lowest BCUT2D eigenvalue weighted by Crippen LogP contribution is -2.18. The highest BCUT2D eigenvalue weighted by atomic mass is 79.9. The lowest BCUT2D eigenvalue weighted by atomic mass is 10.1. The molecule has 8 nitrogen and oxygen atoms in total. The number of carbonyl (C=O) groups is 1. The van der Waals surface area contributed by atoms with Crippen molar-refractivity contribution in [3.05, 3.63) is 63.1 Å². The van der Waals surface area contributed by atoms with E-state index in [4.69, 9.17) is 4.74 Å². The molecule has 2 aromatic heterocycles. The molecule has 0 bridgehead atoms. The van der Waals surface area contributed by atoms with Crippen molar-refractivity contribution >= 4 is 28.1 Å². The molecule has 0 saturated carbocycles. The van der Waals surface area contributed by atoms with Crippen LogP contribution in [0, 0.1) is 13.8 Å². The molecule has 0 spiro atoms. The summed E-state index contributed by atoms with van der Waals surface area (Å²) >= 11 is 3.54. The fourth-order valence-corrected chi connectivity index (χ4v) is 2.88. The summed E-state index contributed by atoms with van der Waals surface area (Å²) in [4.78, 5) is 11.8. The smallest absolute Gasteiger partial charge is 0.289 e. The van der Waals surface area contributed by atoms with Crippen LogP contribution in [0.25, 0.3) is 0 Å². The highest BCUT2D eigenvalue weighted by molar-refractivity contribution is 9.10. The standard InChI is InChI=1S/C18H19BrN6O2/c1-11-17(19)12(2)25(24-11)10-14-8-13(4-5-16(14)27-3)9-21-23-18(26)15-6-7-20-22-15/h4-9H,10H2,1-3H3,(H,20,22)(H,23,26). The zero-order valence-electron chi connectivity index (χ0n) is 15.2. The molecule has 27 heavy (non-hydrogen) atoms. The Bertz CT molecular complexity index is 978. The highest BCUT2D eigenvalue weighted by Gasteiger charge is 2.12. The lowest BCUT2D eigenvalue weighted by Gasteiger charge is -2.11. The van der Waals surface area contributed by atoms with E-state index in [1.807, 2.05) is 36.7 Å². The summed E-state index contributed by atoms with van der Waals surface area (Å²) in [6.45, 7) is 4.52. The minimum Gasteiger partial charge on any atom is -0.496 e. The minimum absolute atomic E-state index is 0.345. The minimum atomic E-state index is -0.357. The van der Waals surface area contributed by atoms with Gasteiger partial charge in [0.05, 0.1) is 35.7 Å². The van der Waals surface area contributed by atoms with Crippen LogP contribution in [-0.4, -0.2) is 39.2 Å². The van der Waals surface area contributed by atoms with E-state index in [1.165, 1.54) is 6.20 Å². The van der Waals surface area contributed by atoms with Crippen LogP contribution < -0.4 is 10.2 Å². The van der Waals surface area contributed by atoms with E-state index < -0.39 is 0 Å². The van der Waals surface area contributed by atoms with Gasteiger partial charge in [-0.2, -0.15) is 15.3 Å². The number of carbonyl (C=O) groups excluding carboxylic acids is 1. The third kappa shape index (κ3) is 4.25. The number of H-pyrrole nitrogens is 1. The Kier molecular flexibility index (Phi) is 5.70. The number of aromatic amines is 1. The van der Waals surface area contributed by atoms with E-state index in [0.29, 0.717) is 12.2 Å². The number of aryl methyl sites for hydroxylation is 1. The average Bonchev–Trinajstić information content (AvgIpc) is 3.28. The van der Waals surface area contributed by atoms with Gasteiger partial charge in [-0.25, -0.2) is 5.43 Å². The first-order valence-electron chi connectivity index (χ1n) is 8.18. The predicted octanol–water partition coefficient (Wildman–Crippen LogP) is 2.81. The number of nitrogens with zero attached hydrogens (tertiary/aromatic N) is 4. The van der Waals surface area contributed by atoms with Crippen molar-refractivity contribution in [1.29, 1.82) is 0 Å². The van der Waals surface area contributed by atoms with Gasteiger partial charge in [-0.05, 0) is 59.6 Å². The molecule has 0 saturated heterocycles. The summed E-state index contributed by atoms with van der Waals surface area (Å²) in [5, 5.41) is 14.8. The molecule has 0 atom stereocenters. The summed E-state index contributed by atoms with van der Waals surface area (Å²) < 4.78 is 8.38. The monoisotopic (exact) mass is 430 g/mol. The quantitative estimate of drug-likeness (QED) is 0.463. The summed E-state index contributed by atoms with van der Waals surface area (Å²) in [6.07, 6.45) is 3.08. The summed E-state index contributed by atoms with van der Waals surface area (Å²) in [6, 6.07) is 7.26. The second kappa shape index (κ2) is 8.17. The van der Waals surface area contributed by atoms with E-state index in [0.717, 1.165) is 32.7 Å². The van der Waals surface area contributed by atoms with E-state index >= 15 is 0 Å². The molecule has 9 heteroatoms. The van der Waals surface area contributed by atoms with Gasteiger partial charge in [0.2, 0.25) is 0 Å². The third-order valence-electron chi connectivity index (χ3n) is 4.04. The normalized spacial score (nSPS) is 11.1. The topological polar surface area (TPSA) is 97.2 Å². The highest BCUT2D eigenvalue weighted by Crippen LogP contribution is 2.24. The van der Waals surface area contributed by atoms with Crippen molar-refractivity contribution in [3.8, 4) is 5.75 Å². The Labute approximate surface area is 164 Å². The third-order valence-corrected chi connectivity index (χ3v) is 5.19. The van der Waals surface area contributed by atoms with Crippen LogP contribution in [0.15, 0.2) is 40.0 Å². The lowest BCUT2D eigenvalue weighted by molar-refractivity contribution is 0.0950. The Morgan fingerprint density at radius 3 is 2.85 bits per heavy atom. The fraction of sp³-hybridized carbons (Fsp3) is 0.222. The molecule has 140 valence electrons. The average molecular weight is 431 g/mol. The molecule has 0 aliphatic heterocycles. The molecule has 0 aliphatic rings. The van der Waals surface area contributed by atoms with E-state index in [9.17, 15) is 4.79 Å². The number of hydrogen-bond donors (Lipinski definition) is 2. The van der Waals surface area contributed by atoms with Crippen molar-refractivity contribution in [3.63, 3.8) is 0 Å². The molecule has 1 amide bonds. The molecule has 0 fully saturated rings. The van der Waals surface area contributed by atoms with Crippen LogP contribution in [0.3, 0.4) is 0 Å². The predicted molar refractivity (Wildman–Crippen MR) is 105 cm³/mol. The molecule has 1 aromatic carbocycles. The fourth-order valence-electron chi connectivity index (χ4n) is 2.60. The zero-order chi connectivity index (χ0) is 19.4. The van der Waals surface area contributed by atoms with Crippen molar-refractivity contribution in [2.45, 2.75) is 20.4 Å². The number of hydrazone groups is 1. The van der Waals surface area contributed by atoms with Gasteiger partial charge in [-0.3, -0.25) is 14.6 Å². The number of aromatic nitrogens is 4. The summed E-state index contributed by atoms with van der Waals surface area (Å²) in [7, 11) is 1.63. The first-order valence-corrected chi connectivity index (χ1v) is 8.98. The first-order chi connectivity index (χ1) is 13.0. The Balaban J connectivity index is 1.77. The second-order valence-corrected chi connectivity index (χ2v) is 6.68. The number of halogens is 1. The maximum Gasteiger partial charge on any atom is 0.289 e. The van der Waals surface area contributed by atoms with Crippen LogP contribution in [0.2, 0.25) is 0 Å². The van der Waals surface area contributed by atoms with Gasteiger partial charge >= 0.3 is 0 Å². The molecule has 0 aliphatic carbocycles. The molecule has 0 radical (unpaired) electrons. The summed E-state index contributed by atoms with van der Waals surface area (Å²) in [5.41, 5.74) is 6.57. The van der Waals surface area contributed by atoms with Gasteiger partial charge < -0.3 is 4.74 Å². The maximum absolute atomic E-state index is 11.8. The Morgan fingerprint density at radius 2 is 2.22 bits per heavy atom. The van der Waals surface area contributed by atoms with Crippen LogP contribution in [0.5, 0.6) is 5.75 Å². The molecular formula is C18H19BrN6O2. The summed E-state index contributed by atoms with van der Waals surface area (Å²) in [5.74, 6) is 0.405. The van der Waals surface area contributed by atoms with E-state index in [-0.39, 0.29) is 5.91 Å². The van der Waals surface area contributed by atoms with Crippen molar-refractivity contribution in [1.82, 2.24) is 25.4 Å². The van der Waals surface area contributed by atoms with Gasteiger partial charge in [-0.15, -0.1) is 0 Å². The molecule has 3 rings (SSSR count).